The number of carbonyl (C=O) groups is 3. The van der Waals surface area contributed by atoms with Crippen LogP contribution < -0.4 is 4.74 Å². The van der Waals surface area contributed by atoms with Crippen molar-refractivity contribution >= 4 is 17.7 Å². The average molecular weight is 559 g/mol. The SMILES string of the molecule is CCN1C(=O)C2=C(OC3=C(C(=O)CC(C)(C)C3)[C@@H]2c2c(OC)ccc(-c3ccc(C)c(C(=O)O)n3)c2C)[C@H]1C(C)C. The lowest BCUT2D eigenvalue weighted by atomic mass is 9.68. The second kappa shape index (κ2) is 10.2. The van der Waals surface area contributed by atoms with Gasteiger partial charge in [0.1, 0.15) is 17.3 Å². The molecule has 8 nitrogen and oxygen atoms in total. The minimum absolute atomic E-state index is 0.0191. The zero-order valence-electron chi connectivity index (χ0n) is 25.0. The van der Waals surface area contributed by atoms with Gasteiger partial charge in [-0.15, -0.1) is 0 Å². The van der Waals surface area contributed by atoms with Crippen LogP contribution >= 0.6 is 0 Å². The molecule has 2 aromatic rings. The first-order valence-corrected chi connectivity index (χ1v) is 14.2. The summed E-state index contributed by atoms with van der Waals surface area (Å²) in [5, 5.41) is 9.71. The number of nitrogens with zero attached hydrogens (tertiary/aromatic N) is 2. The molecule has 0 fully saturated rings. The summed E-state index contributed by atoms with van der Waals surface area (Å²) in [5.74, 6) is -0.0626. The number of aromatic nitrogens is 1. The van der Waals surface area contributed by atoms with Crippen LogP contribution in [0, 0.1) is 25.2 Å². The molecule has 2 atom stereocenters. The number of carboxylic acids is 1. The van der Waals surface area contributed by atoms with Gasteiger partial charge in [0.2, 0.25) is 0 Å². The number of allylic oxidation sites excluding steroid dienone is 2. The number of Topliss-reactive ketones (excluding diaryl/α,β-unsaturated/α-hetero) is 1. The number of ether oxygens (including phenoxy) is 2. The lowest BCUT2D eigenvalue weighted by Gasteiger charge is -2.39. The summed E-state index contributed by atoms with van der Waals surface area (Å²) in [7, 11) is 1.58. The number of carbonyl (C=O) groups excluding carboxylic acids is 2. The molecule has 0 saturated heterocycles. The molecule has 1 amide bonds. The fraction of sp³-hybridized carbons (Fsp3) is 0.455. The van der Waals surface area contributed by atoms with E-state index in [9.17, 15) is 19.5 Å². The molecule has 1 aromatic heterocycles. The van der Waals surface area contributed by atoms with Crippen LogP contribution in [0.1, 0.15) is 80.6 Å². The number of amides is 1. The van der Waals surface area contributed by atoms with E-state index in [4.69, 9.17) is 9.47 Å². The van der Waals surface area contributed by atoms with Gasteiger partial charge in [-0.1, -0.05) is 33.8 Å². The molecule has 0 saturated carbocycles. The monoisotopic (exact) mass is 558 g/mol. The van der Waals surface area contributed by atoms with Crippen LogP contribution in [0.5, 0.6) is 5.75 Å². The molecule has 0 unspecified atom stereocenters. The topological polar surface area (TPSA) is 106 Å². The van der Waals surface area contributed by atoms with Crippen LogP contribution in [0.4, 0.5) is 0 Å². The summed E-state index contributed by atoms with van der Waals surface area (Å²) in [5.41, 5.74) is 3.94. The maximum Gasteiger partial charge on any atom is 0.354 e. The summed E-state index contributed by atoms with van der Waals surface area (Å²) in [6.45, 7) is 14.4. The van der Waals surface area contributed by atoms with Gasteiger partial charge in [0.25, 0.3) is 5.91 Å². The molecule has 0 bridgehead atoms. The highest BCUT2D eigenvalue weighted by atomic mass is 16.5. The van der Waals surface area contributed by atoms with Gasteiger partial charge in [-0.25, -0.2) is 9.78 Å². The number of hydrogen-bond donors (Lipinski definition) is 1. The Balaban J connectivity index is 1.81. The Morgan fingerprint density at radius 3 is 2.46 bits per heavy atom. The number of carboxylic acid groups (broad SMARTS) is 1. The highest BCUT2D eigenvalue weighted by Gasteiger charge is 2.53. The van der Waals surface area contributed by atoms with Gasteiger partial charge in [0, 0.05) is 36.1 Å². The third-order valence-corrected chi connectivity index (χ3v) is 8.58. The van der Waals surface area contributed by atoms with Crippen LogP contribution in [-0.2, 0) is 14.3 Å². The zero-order valence-corrected chi connectivity index (χ0v) is 25.0. The molecule has 3 aliphatic rings. The molecule has 216 valence electrons. The number of pyridine rings is 1. The number of likely N-dealkylation sites (N-methyl/N-ethyl adjacent to an activating group) is 1. The molecule has 1 aromatic carbocycles. The Hall–Kier alpha value is -3.94. The van der Waals surface area contributed by atoms with Crippen molar-refractivity contribution in [3.8, 4) is 17.0 Å². The molecular weight excluding hydrogens is 520 g/mol. The number of aryl methyl sites for hydroxylation is 1. The maximum absolute atomic E-state index is 14.1. The number of hydrogen-bond acceptors (Lipinski definition) is 6. The largest absolute Gasteiger partial charge is 0.496 e. The molecule has 0 radical (unpaired) electrons. The van der Waals surface area contributed by atoms with Crippen molar-refractivity contribution in [3.63, 3.8) is 0 Å². The highest BCUT2D eigenvalue weighted by molar-refractivity contribution is 6.07. The number of benzene rings is 1. The first-order valence-electron chi connectivity index (χ1n) is 14.2. The van der Waals surface area contributed by atoms with Gasteiger partial charge >= 0.3 is 5.97 Å². The van der Waals surface area contributed by atoms with E-state index in [-0.39, 0.29) is 34.8 Å². The molecule has 8 heteroatoms. The fourth-order valence-electron chi connectivity index (χ4n) is 6.74. The van der Waals surface area contributed by atoms with Crippen LogP contribution in [0.25, 0.3) is 11.3 Å². The van der Waals surface area contributed by atoms with Crippen molar-refractivity contribution in [2.24, 2.45) is 11.3 Å². The Kier molecular flexibility index (Phi) is 7.08. The van der Waals surface area contributed by atoms with E-state index < -0.39 is 11.9 Å². The van der Waals surface area contributed by atoms with Crippen molar-refractivity contribution in [2.75, 3.05) is 13.7 Å². The average Bonchev–Trinajstić information content (AvgIpc) is 3.18. The van der Waals surface area contributed by atoms with Gasteiger partial charge in [-0.3, -0.25) is 9.59 Å². The molecule has 41 heavy (non-hydrogen) atoms. The van der Waals surface area contributed by atoms with Crippen LogP contribution in [0.3, 0.4) is 0 Å². The standard InChI is InChI=1S/C33H38N2O6/c1-9-35-29(16(2)3)30-27(31(35)37)26(25-21(36)14-33(6,7)15-23(25)41-30)24-18(5)19(11-13-22(24)40-8)20-12-10-17(4)28(34-20)32(38)39/h10-13,16,26,29H,9,14-15H2,1-8H3,(H,38,39)/t26-,29+/m0/s1. The zero-order chi connectivity index (χ0) is 30.0. The molecule has 5 rings (SSSR count). The van der Waals surface area contributed by atoms with E-state index in [1.807, 2.05) is 30.9 Å². The Labute approximate surface area is 241 Å². The molecule has 3 heterocycles. The third-order valence-electron chi connectivity index (χ3n) is 8.58. The second-order valence-electron chi connectivity index (χ2n) is 12.4. The molecule has 1 aliphatic carbocycles. The van der Waals surface area contributed by atoms with E-state index in [1.54, 1.807) is 26.2 Å². The quantitative estimate of drug-likeness (QED) is 0.466. The molecule has 2 aliphatic heterocycles. The summed E-state index contributed by atoms with van der Waals surface area (Å²) in [4.78, 5) is 46.2. The summed E-state index contributed by atoms with van der Waals surface area (Å²) >= 11 is 0. The van der Waals surface area contributed by atoms with Crippen molar-refractivity contribution < 1.29 is 29.0 Å². The number of methoxy groups -OCH3 is 1. The Bertz CT molecular complexity index is 1550. The van der Waals surface area contributed by atoms with Crippen molar-refractivity contribution in [2.45, 2.75) is 73.3 Å². The van der Waals surface area contributed by atoms with E-state index >= 15 is 0 Å². The van der Waals surface area contributed by atoms with Crippen LogP contribution in [0.15, 0.2) is 46.9 Å². The summed E-state index contributed by atoms with van der Waals surface area (Å²) in [6, 6.07) is 6.95. The first-order chi connectivity index (χ1) is 19.3. The predicted molar refractivity (Wildman–Crippen MR) is 155 cm³/mol. The minimum Gasteiger partial charge on any atom is -0.496 e. The molecule has 0 spiro atoms. The number of rotatable bonds is 6. The Morgan fingerprint density at radius 1 is 1.15 bits per heavy atom. The third kappa shape index (κ3) is 4.53. The van der Waals surface area contributed by atoms with E-state index in [0.29, 0.717) is 70.2 Å². The number of aromatic carboxylic acids is 1. The predicted octanol–water partition coefficient (Wildman–Crippen LogP) is 5.97. The second-order valence-corrected chi connectivity index (χ2v) is 12.4. The van der Waals surface area contributed by atoms with Gasteiger partial charge in [-0.05, 0) is 61.4 Å². The van der Waals surface area contributed by atoms with Crippen LogP contribution in [-0.4, -0.2) is 52.3 Å². The maximum atomic E-state index is 14.1. The van der Waals surface area contributed by atoms with Crippen molar-refractivity contribution in [1.82, 2.24) is 9.88 Å². The lowest BCUT2D eigenvalue weighted by molar-refractivity contribution is -0.127. The van der Waals surface area contributed by atoms with Gasteiger partial charge < -0.3 is 19.5 Å². The van der Waals surface area contributed by atoms with E-state index in [1.165, 1.54) is 0 Å². The molecular formula is C33H38N2O6. The smallest absolute Gasteiger partial charge is 0.354 e. The number of ketones is 1. The summed E-state index contributed by atoms with van der Waals surface area (Å²) < 4.78 is 12.5. The van der Waals surface area contributed by atoms with E-state index in [2.05, 4.69) is 32.7 Å². The summed E-state index contributed by atoms with van der Waals surface area (Å²) in [6.07, 6.45) is 0.922. The van der Waals surface area contributed by atoms with Crippen LogP contribution in [0.2, 0.25) is 0 Å². The van der Waals surface area contributed by atoms with Crippen molar-refractivity contribution in [3.05, 3.63) is 69.3 Å². The van der Waals surface area contributed by atoms with Gasteiger partial charge in [0.05, 0.1) is 30.3 Å². The minimum atomic E-state index is -1.10. The van der Waals surface area contributed by atoms with Crippen molar-refractivity contribution in [1.29, 1.82) is 0 Å². The molecule has 1 N–H and O–H groups in total. The lowest BCUT2D eigenvalue weighted by Crippen LogP contribution is -2.39. The van der Waals surface area contributed by atoms with Gasteiger partial charge in [0.15, 0.2) is 11.5 Å². The highest BCUT2D eigenvalue weighted by Crippen LogP contribution is 2.55. The van der Waals surface area contributed by atoms with Gasteiger partial charge in [-0.2, -0.15) is 0 Å². The normalized spacial score (nSPS) is 21.7. The Morgan fingerprint density at radius 2 is 1.85 bits per heavy atom. The first kappa shape index (κ1) is 28.6. The van der Waals surface area contributed by atoms with E-state index in [0.717, 1.165) is 5.56 Å². The fourth-order valence-corrected chi connectivity index (χ4v) is 6.74.